The molecule has 1 saturated heterocycles. The second kappa shape index (κ2) is 12.0. The average Bonchev–Trinajstić information content (AvgIpc) is 3.39. The van der Waals surface area contributed by atoms with Gasteiger partial charge in [0.2, 0.25) is 11.8 Å². The lowest BCUT2D eigenvalue weighted by molar-refractivity contribution is -0.194. The predicted molar refractivity (Wildman–Crippen MR) is 141 cm³/mol. The number of aromatic nitrogens is 4. The molecule has 3 N–H and O–H groups in total. The van der Waals surface area contributed by atoms with Crippen LogP contribution in [0.1, 0.15) is 55.1 Å². The largest absolute Gasteiger partial charge is 0.480 e. The first-order valence-corrected chi connectivity index (χ1v) is 13.9. The minimum absolute atomic E-state index is 0.0000176. The summed E-state index contributed by atoms with van der Waals surface area (Å²) in [5, 5.41) is 18.9. The van der Waals surface area contributed by atoms with Crippen LogP contribution in [0, 0.1) is 17.3 Å². The molecule has 44 heavy (non-hydrogen) atoms. The number of nitrogens with one attached hydrogen (secondary N) is 2. The van der Waals surface area contributed by atoms with Gasteiger partial charge in [-0.25, -0.2) is 28.1 Å². The lowest BCUT2D eigenvalue weighted by Crippen LogP contribution is -2.57. The van der Waals surface area contributed by atoms with Gasteiger partial charge < -0.3 is 20.5 Å². The fraction of sp³-hybridized carbons (Fsp3) is 0.500. The van der Waals surface area contributed by atoms with Crippen LogP contribution in [0.5, 0.6) is 0 Å². The van der Waals surface area contributed by atoms with Gasteiger partial charge in [-0.05, 0) is 30.7 Å². The van der Waals surface area contributed by atoms with Gasteiger partial charge >= 0.3 is 18.2 Å². The molecule has 1 unspecified atom stereocenters. The molecule has 0 spiro atoms. The monoisotopic (exact) mass is 624 g/mol. The zero-order chi connectivity index (χ0) is 31.7. The highest BCUT2D eigenvalue weighted by Crippen LogP contribution is 2.42. The molecule has 0 radical (unpaired) electrons. The number of carboxylic acid groups (broad SMARTS) is 1. The van der Waals surface area contributed by atoms with Gasteiger partial charge in [-0.3, -0.25) is 9.59 Å². The summed E-state index contributed by atoms with van der Waals surface area (Å²) < 4.78 is 74.7. The van der Waals surface area contributed by atoms with Crippen LogP contribution in [-0.2, 0) is 27.4 Å². The number of halogens is 5. The molecule has 1 aliphatic heterocycles. The summed E-state index contributed by atoms with van der Waals surface area (Å²) >= 11 is 0. The summed E-state index contributed by atoms with van der Waals surface area (Å²) in [5.74, 6) is -8.13. The number of imidazole rings is 1. The van der Waals surface area contributed by atoms with E-state index in [-0.39, 0.29) is 49.5 Å². The number of ether oxygens (including phenoxy) is 1. The van der Waals surface area contributed by atoms with E-state index in [1.54, 1.807) is 30.3 Å². The lowest BCUT2D eigenvalue weighted by Gasteiger charge is -2.37. The van der Waals surface area contributed by atoms with E-state index in [2.05, 4.69) is 25.7 Å². The third-order valence-corrected chi connectivity index (χ3v) is 8.19. The summed E-state index contributed by atoms with van der Waals surface area (Å²) in [6.45, 7) is -0.768. The first-order chi connectivity index (χ1) is 20.8. The van der Waals surface area contributed by atoms with E-state index in [0.29, 0.717) is 0 Å². The number of amides is 2. The van der Waals surface area contributed by atoms with Gasteiger partial charge in [-0.15, -0.1) is 0 Å². The highest BCUT2D eigenvalue weighted by molar-refractivity contribution is 6.02. The normalized spacial score (nSPS) is 23.1. The van der Waals surface area contributed by atoms with Crippen LogP contribution in [0.2, 0.25) is 0 Å². The number of hydrogen-bond acceptors (Lipinski definition) is 7. The zero-order valence-corrected chi connectivity index (χ0v) is 23.2. The molecule has 11 nitrogen and oxygen atoms in total. The van der Waals surface area contributed by atoms with Crippen LogP contribution >= 0.6 is 0 Å². The number of carbonyl (C=O) groups excluding carboxylic acids is 2. The highest BCUT2D eigenvalue weighted by atomic mass is 19.4. The SMILES string of the molecule is O=C(N[C@H](c1cn2nc(CC3(C(=O)O)C[C@H](C(F)(F)F)CNC3=O)cnc2n1)C1CCC(F)(F)CC1)OCc1ccccc1. The number of carboxylic acids is 1. The summed E-state index contributed by atoms with van der Waals surface area (Å²) in [6.07, 6.45) is -5.33. The van der Waals surface area contributed by atoms with E-state index < -0.39 is 72.7 Å². The molecule has 2 aromatic heterocycles. The second-order valence-electron chi connectivity index (χ2n) is 11.3. The number of benzene rings is 1. The quantitative estimate of drug-likeness (QED) is 0.249. The molecule has 1 aromatic carbocycles. The van der Waals surface area contributed by atoms with E-state index in [0.717, 1.165) is 16.3 Å². The highest BCUT2D eigenvalue weighted by Gasteiger charge is 2.56. The van der Waals surface area contributed by atoms with Crippen molar-refractivity contribution in [3.63, 3.8) is 0 Å². The van der Waals surface area contributed by atoms with Crippen molar-refractivity contribution in [1.82, 2.24) is 30.2 Å². The number of fused-ring (bicyclic) bond motifs is 1. The number of nitrogens with zero attached hydrogens (tertiary/aromatic N) is 4. The number of aliphatic carboxylic acids is 1. The van der Waals surface area contributed by atoms with Gasteiger partial charge in [0.05, 0.1) is 35.7 Å². The topological polar surface area (TPSA) is 148 Å². The third-order valence-electron chi connectivity index (χ3n) is 8.19. The Kier molecular flexibility index (Phi) is 8.44. The second-order valence-corrected chi connectivity index (χ2v) is 11.3. The van der Waals surface area contributed by atoms with Crippen molar-refractivity contribution in [1.29, 1.82) is 0 Å². The third kappa shape index (κ3) is 6.73. The number of alkyl carbamates (subject to hydrolysis) is 1. The van der Waals surface area contributed by atoms with Crippen LogP contribution in [0.15, 0.2) is 42.7 Å². The molecule has 3 aromatic rings. The van der Waals surface area contributed by atoms with Gasteiger partial charge in [0.15, 0.2) is 5.41 Å². The molecule has 2 fully saturated rings. The maximum Gasteiger partial charge on any atom is 0.408 e. The Morgan fingerprint density at radius 2 is 1.89 bits per heavy atom. The Hall–Kier alpha value is -4.37. The molecule has 2 aliphatic rings. The summed E-state index contributed by atoms with van der Waals surface area (Å²) in [7, 11) is 0. The molecular weight excluding hydrogens is 595 g/mol. The van der Waals surface area contributed by atoms with E-state index in [1.165, 1.54) is 6.20 Å². The van der Waals surface area contributed by atoms with E-state index in [9.17, 15) is 41.4 Å². The molecule has 0 bridgehead atoms. The van der Waals surface area contributed by atoms with Crippen LogP contribution in [0.4, 0.5) is 26.7 Å². The molecule has 2 amide bonds. The van der Waals surface area contributed by atoms with Crippen molar-refractivity contribution in [2.45, 2.75) is 63.3 Å². The Balaban J connectivity index is 1.39. The minimum Gasteiger partial charge on any atom is -0.480 e. The summed E-state index contributed by atoms with van der Waals surface area (Å²) in [6, 6.07) is 8.02. The van der Waals surface area contributed by atoms with Crippen molar-refractivity contribution < 1.29 is 46.2 Å². The van der Waals surface area contributed by atoms with Gasteiger partial charge in [0.1, 0.15) is 6.61 Å². The summed E-state index contributed by atoms with van der Waals surface area (Å²) in [4.78, 5) is 46.1. The van der Waals surface area contributed by atoms with Crippen molar-refractivity contribution in [2.24, 2.45) is 17.3 Å². The number of carbonyl (C=O) groups is 3. The Morgan fingerprint density at radius 1 is 1.18 bits per heavy atom. The fourth-order valence-corrected chi connectivity index (χ4v) is 5.71. The zero-order valence-electron chi connectivity index (χ0n) is 23.2. The average molecular weight is 625 g/mol. The number of piperidine rings is 1. The van der Waals surface area contributed by atoms with Gasteiger partial charge in [-0.1, -0.05) is 30.3 Å². The smallest absolute Gasteiger partial charge is 0.408 e. The molecule has 1 aliphatic carbocycles. The standard InChI is InChI=1S/C28H29F5N6O5/c29-27(30)8-6-17(7-9-27)21(37-25(43)44-15-16-4-2-1-3-5-16)20-14-39-24(36-20)35-13-19(38-39)11-26(23(41)42)10-18(28(31,32)33)12-34-22(26)40/h1-5,13-14,17-18,21H,6-12,15H2,(H,34,40)(H,37,43)(H,41,42)/t18-,21-,26?/m0/s1. The lowest BCUT2D eigenvalue weighted by atomic mass is 9.72. The van der Waals surface area contributed by atoms with Crippen LogP contribution in [-0.4, -0.2) is 61.3 Å². The first-order valence-electron chi connectivity index (χ1n) is 13.9. The van der Waals surface area contributed by atoms with E-state index in [4.69, 9.17) is 4.74 Å². The summed E-state index contributed by atoms with van der Waals surface area (Å²) in [5.41, 5.74) is -1.58. The van der Waals surface area contributed by atoms with E-state index >= 15 is 0 Å². The predicted octanol–water partition coefficient (Wildman–Crippen LogP) is 4.23. The molecule has 3 heterocycles. The molecular formula is C28H29F5N6O5. The molecule has 16 heteroatoms. The minimum atomic E-state index is -4.73. The molecule has 5 rings (SSSR count). The van der Waals surface area contributed by atoms with Gasteiger partial charge in [0, 0.05) is 25.8 Å². The number of rotatable bonds is 8. The molecule has 1 saturated carbocycles. The van der Waals surface area contributed by atoms with Crippen molar-refractivity contribution in [2.75, 3.05) is 6.54 Å². The van der Waals surface area contributed by atoms with Crippen LogP contribution < -0.4 is 10.6 Å². The van der Waals surface area contributed by atoms with Crippen molar-refractivity contribution in [3.8, 4) is 0 Å². The van der Waals surface area contributed by atoms with Crippen molar-refractivity contribution in [3.05, 3.63) is 59.7 Å². The molecule has 236 valence electrons. The fourth-order valence-electron chi connectivity index (χ4n) is 5.71. The maximum absolute atomic E-state index is 13.9. The Bertz CT molecular complexity index is 1520. The van der Waals surface area contributed by atoms with E-state index in [1.807, 2.05) is 0 Å². The Labute approximate surface area is 247 Å². The van der Waals surface area contributed by atoms with Gasteiger partial charge in [0.25, 0.3) is 5.78 Å². The van der Waals surface area contributed by atoms with Crippen LogP contribution in [0.25, 0.3) is 5.78 Å². The number of alkyl halides is 5. The maximum atomic E-state index is 13.9. The Morgan fingerprint density at radius 3 is 2.55 bits per heavy atom. The van der Waals surface area contributed by atoms with Crippen LogP contribution in [0.3, 0.4) is 0 Å². The number of hydrogen-bond donors (Lipinski definition) is 3. The van der Waals surface area contributed by atoms with Crippen molar-refractivity contribution >= 4 is 23.7 Å². The molecule has 3 atom stereocenters. The first kappa shape index (κ1) is 31.1. The van der Waals surface area contributed by atoms with Gasteiger partial charge in [-0.2, -0.15) is 18.3 Å².